The summed E-state index contributed by atoms with van der Waals surface area (Å²) in [5.41, 5.74) is 4.81. The van der Waals surface area contributed by atoms with Crippen LogP contribution in [0.3, 0.4) is 0 Å². The van der Waals surface area contributed by atoms with Crippen molar-refractivity contribution in [2.45, 2.75) is 13.1 Å². The lowest BCUT2D eigenvalue weighted by Gasteiger charge is -2.26. The lowest BCUT2D eigenvalue weighted by molar-refractivity contribution is 0.799. The van der Waals surface area contributed by atoms with E-state index in [9.17, 15) is 0 Å². The second-order valence-electron chi connectivity index (χ2n) is 6.57. The molecule has 2 heteroatoms. The van der Waals surface area contributed by atoms with Gasteiger partial charge in [0.25, 0.3) is 0 Å². The number of nitrogens with zero attached hydrogens (tertiary/aromatic N) is 1. The predicted molar refractivity (Wildman–Crippen MR) is 120 cm³/mol. The van der Waals surface area contributed by atoms with Gasteiger partial charge in [-0.3, -0.25) is 0 Å². The number of para-hydroxylation sites is 1. The first-order valence-corrected chi connectivity index (χ1v) is 10.2. The number of hydrogen-bond acceptors (Lipinski definition) is 2. The van der Waals surface area contributed by atoms with Gasteiger partial charge in [-0.1, -0.05) is 90.7 Å². The highest BCUT2D eigenvalue weighted by Crippen LogP contribution is 2.24. The Morgan fingerprint density at radius 2 is 1.21 bits per heavy atom. The highest BCUT2D eigenvalue weighted by atomic mass is 32.1. The molecular formula is C26H21NS. The van der Waals surface area contributed by atoms with Crippen LogP contribution in [0.15, 0.2) is 102 Å². The molecule has 0 saturated carbocycles. The zero-order valence-corrected chi connectivity index (χ0v) is 16.4. The maximum Gasteiger partial charge on any atom is 0.0772 e. The van der Waals surface area contributed by atoms with Gasteiger partial charge in [-0.15, -0.1) is 11.3 Å². The van der Waals surface area contributed by atoms with E-state index in [1.165, 1.54) is 16.8 Å². The smallest absolute Gasteiger partial charge is 0.0772 e. The molecule has 0 radical (unpaired) electrons. The molecule has 3 aromatic carbocycles. The molecule has 0 N–H and O–H groups in total. The van der Waals surface area contributed by atoms with Gasteiger partial charge in [0.1, 0.15) is 0 Å². The van der Waals surface area contributed by atoms with Crippen LogP contribution in [0.25, 0.3) is 0 Å². The van der Waals surface area contributed by atoms with E-state index in [0.29, 0.717) is 0 Å². The topological polar surface area (TPSA) is 3.24 Å². The standard InChI is InChI=1S/C26H21NS/c1-3-10-22(11-4-1)20-27(21-23-12-5-2-6-13-23)26-16-8-7-14-24(26)17-18-25-15-9-19-28-25/h1-16,19H,20-21H2. The van der Waals surface area contributed by atoms with E-state index in [1.54, 1.807) is 11.3 Å². The molecule has 28 heavy (non-hydrogen) atoms. The lowest BCUT2D eigenvalue weighted by Crippen LogP contribution is -2.23. The van der Waals surface area contributed by atoms with Crippen molar-refractivity contribution in [3.63, 3.8) is 0 Å². The highest BCUT2D eigenvalue weighted by molar-refractivity contribution is 7.10. The molecule has 0 aliphatic rings. The number of rotatable bonds is 5. The van der Waals surface area contributed by atoms with Crippen LogP contribution >= 0.6 is 11.3 Å². The molecule has 1 nitrogen and oxygen atoms in total. The first-order valence-electron chi connectivity index (χ1n) is 9.36. The summed E-state index contributed by atoms with van der Waals surface area (Å²) in [6.45, 7) is 1.68. The summed E-state index contributed by atoms with van der Waals surface area (Å²) in [4.78, 5) is 3.50. The van der Waals surface area contributed by atoms with Gasteiger partial charge >= 0.3 is 0 Å². The van der Waals surface area contributed by atoms with Crippen molar-refractivity contribution in [1.82, 2.24) is 0 Å². The largest absolute Gasteiger partial charge is 0.362 e. The van der Waals surface area contributed by atoms with E-state index < -0.39 is 0 Å². The van der Waals surface area contributed by atoms with Crippen LogP contribution in [0.4, 0.5) is 5.69 Å². The minimum absolute atomic E-state index is 0.841. The molecule has 0 aliphatic carbocycles. The summed E-state index contributed by atoms with van der Waals surface area (Å²) >= 11 is 1.67. The average molecular weight is 380 g/mol. The third-order valence-electron chi connectivity index (χ3n) is 4.52. The van der Waals surface area contributed by atoms with E-state index in [2.05, 4.69) is 113 Å². The first kappa shape index (κ1) is 18.1. The molecule has 4 rings (SSSR count). The summed E-state index contributed by atoms with van der Waals surface area (Å²) in [7, 11) is 0. The van der Waals surface area contributed by atoms with Crippen molar-refractivity contribution in [2.75, 3.05) is 4.90 Å². The van der Waals surface area contributed by atoms with Crippen molar-refractivity contribution in [2.24, 2.45) is 0 Å². The van der Waals surface area contributed by atoms with Gasteiger partial charge in [-0.05, 0) is 34.7 Å². The Hall–Kier alpha value is -3.28. The summed E-state index contributed by atoms with van der Waals surface area (Å²) in [5.74, 6) is 6.69. The molecule has 0 saturated heterocycles. The molecule has 1 heterocycles. The summed E-state index contributed by atoms with van der Waals surface area (Å²) in [5, 5.41) is 2.06. The van der Waals surface area contributed by atoms with Crippen molar-refractivity contribution < 1.29 is 0 Å². The van der Waals surface area contributed by atoms with Crippen molar-refractivity contribution in [3.05, 3.63) is 124 Å². The van der Waals surface area contributed by atoms with Gasteiger partial charge in [-0.25, -0.2) is 0 Å². The van der Waals surface area contributed by atoms with Crippen LogP contribution in [0.2, 0.25) is 0 Å². The van der Waals surface area contributed by atoms with E-state index in [0.717, 1.165) is 23.5 Å². The van der Waals surface area contributed by atoms with Gasteiger partial charge in [0.05, 0.1) is 10.6 Å². The quantitative estimate of drug-likeness (QED) is 0.365. The zero-order chi connectivity index (χ0) is 19.0. The maximum absolute atomic E-state index is 3.39. The Bertz CT molecular complexity index is 1020. The molecule has 0 amide bonds. The molecule has 0 bridgehead atoms. The first-order chi connectivity index (χ1) is 13.9. The molecule has 1 aromatic heterocycles. The number of anilines is 1. The van der Waals surface area contributed by atoms with Crippen molar-refractivity contribution in [3.8, 4) is 11.8 Å². The van der Waals surface area contributed by atoms with Gasteiger partial charge < -0.3 is 4.90 Å². The maximum atomic E-state index is 3.39. The van der Waals surface area contributed by atoms with E-state index >= 15 is 0 Å². The lowest BCUT2D eigenvalue weighted by atomic mass is 10.1. The number of benzene rings is 3. The second kappa shape index (κ2) is 9.08. The van der Waals surface area contributed by atoms with Gasteiger partial charge in [0, 0.05) is 18.7 Å². The van der Waals surface area contributed by atoms with E-state index in [4.69, 9.17) is 0 Å². The minimum Gasteiger partial charge on any atom is -0.362 e. The summed E-state index contributed by atoms with van der Waals surface area (Å²) in [6, 6.07) is 33.8. The van der Waals surface area contributed by atoms with Crippen LogP contribution in [-0.2, 0) is 13.1 Å². The minimum atomic E-state index is 0.841. The SMILES string of the molecule is C(#Cc1ccccc1N(Cc1ccccc1)Cc1ccccc1)c1cccs1. The van der Waals surface area contributed by atoms with Gasteiger partial charge in [0.15, 0.2) is 0 Å². The Balaban J connectivity index is 1.69. The van der Waals surface area contributed by atoms with Gasteiger partial charge in [0.2, 0.25) is 0 Å². The number of thiophene rings is 1. The molecule has 0 fully saturated rings. The molecule has 0 unspecified atom stereocenters. The second-order valence-corrected chi connectivity index (χ2v) is 7.52. The highest BCUT2D eigenvalue weighted by Gasteiger charge is 2.11. The van der Waals surface area contributed by atoms with Crippen LogP contribution < -0.4 is 4.90 Å². The normalized spacial score (nSPS) is 10.1. The van der Waals surface area contributed by atoms with E-state index in [1.807, 2.05) is 6.07 Å². The van der Waals surface area contributed by atoms with Crippen LogP contribution in [0, 0.1) is 11.8 Å². The van der Waals surface area contributed by atoms with Gasteiger partial charge in [-0.2, -0.15) is 0 Å². The Labute approximate surface area is 170 Å². The van der Waals surface area contributed by atoms with E-state index in [-0.39, 0.29) is 0 Å². The Kier molecular flexibility index (Phi) is 5.87. The summed E-state index contributed by atoms with van der Waals surface area (Å²) < 4.78 is 0. The predicted octanol–water partition coefficient (Wildman–Crippen LogP) is 6.35. The van der Waals surface area contributed by atoms with Crippen LogP contribution in [-0.4, -0.2) is 0 Å². The Morgan fingerprint density at radius 1 is 0.607 bits per heavy atom. The molecule has 136 valence electrons. The number of hydrogen-bond donors (Lipinski definition) is 0. The molecule has 4 aromatic rings. The van der Waals surface area contributed by atoms with Crippen LogP contribution in [0.1, 0.15) is 21.6 Å². The monoisotopic (exact) mass is 379 g/mol. The van der Waals surface area contributed by atoms with Crippen molar-refractivity contribution >= 4 is 17.0 Å². The molecule has 0 atom stereocenters. The van der Waals surface area contributed by atoms with Crippen molar-refractivity contribution in [1.29, 1.82) is 0 Å². The zero-order valence-electron chi connectivity index (χ0n) is 15.6. The fourth-order valence-electron chi connectivity index (χ4n) is 3.17. The fraction of sp³-hybridized carbons (Fsp3) is 0.0769. The Morgan fingerprint density at radius 3 is 1.82 bits per heavy atom. The molecular weight excluding hydrogens is 358 g/mol. The average Bonchev–Trinajstić information content (AvgIpc) is 3.27. The third-order valence-corrected chi connectivity index (χ3v) is 5.30. The third kappa shape index (κ3) is 4.71. The molecule has 0 spiro atoms. The van der Waals surface area contributed by atoms with Crippen LogP contribution in [0.5, 0.6) is 0 Å². The fourth-order valence-corrected chi connectivity index (χ4v) is 3.74. The molecule has 0 aliphatic heterocycles. The summed E-state index contributed by atoms with van der Waals surface area (Å²) in [6.07, 6.45) is 0.